The number of para-hydroxylation sites is 1. The number of hydrogen-bond donors (Lipinski definition) is 1. The van der Waals surface area contributed by atoms with Crippen LogP contribution in [0.3, 0.4) is 0 Å². The Morgan fingerprint density at radius 1 is 1.36 bits per heavy atom. The van der Waals surface area contributed by atoms with Gasteiger partial charge in [-0.05, 0) is 42.8 Å². The molecule has 1 aromatic heterocycles. The Bertz CT molecular complexity index is 583. The van der Waals surface area contributed by atoms with Gasteiger partial charge in [-0.3, -0.25) is 0 Å². The van der Waals surface area contributed by atoms with Gasteiger partial charge in [-0.1, -0.05) is 18.2 Å². The summed E-state index contributed by atoms with van der Waals surface area (Å²) in [6.45, 7) is 1.68. The zero-order valence-electron chi connectivity index (χ0n) is 13.0. The quantitative estimate of drug-likeness (QED) is 0.622. The molecule has 1 N–H and O–H groups in total. The number of benzene rings is 1. The summed E-state index contributed by atoms with van der Waals surface area (Å²) in [4.78, 5) is 2.04. The van der Waals surface area contributed by atoms with Crippen LogP contribution >= 0.6 is 24.0 Å². The SMILES string of the molecule is CSCCCNC(=S)N(C)Cc1cnn(-c2ccccc2)c1. The molecule has 22 heavy (non-hydrogen) atoms. The number of nitrogens with one attached hydrogen (secondary N) is 1. The third-order valence-electron chi connectivity index (χ3n) is 3.22. The van der Waals surface area contributed by atoms with Crippen molar-refractivity contribution in [1.29, 1.82) is 0 Å². The first-order chi connectivity index (χ1) is 10.7. The summed E-state index contributed by atoms with van der Waals surface area (Å²) in [5.74, 6) is 1.16. The van der Waals surface area contributed by atoms with Crippen molar-refractivity contribution < 1.29 is 0 Å². The molecule has 1 heterocycles. The van der Waals surface area contributed by atoms with Crippen LogP contribution in [0.5, 0.6) is 0 Å². The van der Waals surface area contributed by atoms with E-state index in [1.165, 1.54) is 0 Å². The Labute approximate surface area is 141 Å². The van der Waals surface area contributed by atoms with Crippen molar-refractivity contribution in [3.05, 3.63) is 48.3 Å². The van der Waals surface area contributed by atoms with Crippen molar-refractivity contribution in [1.82, 2.24) is 20.0 Å². The average Bonchev–Trinajstić information content (AvgIpc) is 3.00. The fourth-order valence-electron chi connectivity index (χ4n) is 2.06. The normalized spacial score (nSPS) is 10.5. The molecule has 0 atom stereocenters. The van der Waals surface area contributed by atoms with Crippen molar-refractivity contribution in [3.8, 4) is 5.69 Å². The van der Waals surface area contributed by atoms with Crippen LogP contribution in [0.2, 0.25) is 0 Å². The molecule has 0 saturated heterocycles. The number of nitrogens with zero attached hydrogens (tertiary/aromatic N) is 3. The highest BCUT2D eigenvalue weighted by molar-refractivity contribution is 7.98. The monoisotopic (exact) mass is 334 g/mol. The molecule has 0 aliphatic heterocycles. The van der Waals surface area contributed by atoms with E-state index >= 15 is 0 Å². The van der Waals surface area contributed by atoms with Crippen LogP contribution in [-0.4, -0.2) is 45.4 Å². The molecule has 0 spiro atoms. The molecule has 118 valence electrons. The van der Waals surface area contributed by atoms with E-state index in [1.54, 1.807) is 0 Å². The fraction of sp³-hybridized carbons (Fsp3) is 0.375. The largest absolute Gasteiger partial charge is 0.363 e. The van der Waals surface area contributed by atoms with Gasteiger partial charge in [-0.2, -0.15) is 16.9 Å². The Kier molecular flexibility index (Phi) is 6.74. The highest BCUT2D eigenvalue weighted by atomic mass is 32.2. The number of thioether (sulfide) groups is 1. The molecule has 0 amide bonds. The lowest BCUT2D eigenvalue weighted by molar-refractivity contribution is 0.489. The van der Waals surface area contributed by atoms with Crippen LogP contribution in [0.15, 0.2) is 42.7 Å². The van der Waals surface area contributed by atoms with Crippen LogP contribution < -0.4 is 5.32 Å². The van der Waals surface area contributed by atoms with E-state index in [1.807, 2.05) is 71.1 Å². The van der Waals surface area contributed by atoms with Gasteiger partial charge in [0.1, 0.15) is 0 Å². The Morgan fingerprint density at radius 3 is 2.86 bits per heavy atom. The molecule has 2 rings (SSSR count). The molecule has 0 aliphatic carbocycles. The maximum Gasteiger partial charge on any atom is 0.168 e. The van der Waals surface area contributed by atoms with Gasteiger partial charge in [-0.25, -0.2) is 4.68 Å². The maximum atomic E-state index is 5.41. The summed E-state index contributed by atoms with van der Waals surface area (Å²) in [5, 5.41) is 8.49. The summed E-state index contributed by atoms with van der Waals surface area (Å²) in [7, 11) is 2.00. The van der Waals surface area contributed by atoms with Crippen LogP contribution in [0, 0.1) is 0 Å². The second kappa shape index (κ2) is 8.80. The van der Waals surface area contributed by atoms with Gasteiger partial charge in [0.2, 0.25) is 0 Å². The van der Waals surface area contributed by atoms with E-state index < -0.39 is 0 Å². The second-order valence-corrected chi connectivity index (χ2v) is 6.44. The van der Waals surface area contributed by atoms with E-state index in [2.05, 4.69) is 16.7 Å². The third kappa shape index (κ3) is 5.03. The molecule has 2 aromatic rings. The zero-order valence-corrected chi connectivity index (χ0v) is 14.7. The Hall–Kier alpha value is -1.53. The average molecular weight is 335 g/mol. The van der Waals surface area contributed by atoms with Gasteiger partial charge in [0.25, 0.3) is 0 Å². The molecule has 0 unspecified atom stereocenters. The zero-order chi connectivity index (χ0) is 15.8. The minimum atomic E-state index is 0.751. The molecular weight excluding hydrogens is 312 g/mol. The first-order valence-corrected chi connectivity index (χ1v) is 9.08. The molecular formula is C16H22N4S2. The van der Waals surface area contributed by atoms with Crippen molar-refractivity contribution in [3.63, 3.8) is 0 Å². The van der Waals surface area contributed by atoms with Gasteiger partial charge in [0.15, 0.2) is 5.11 Å². The second-order valence-electron chi connectivity index (χ2n) is 5.06. The van der Waals surface area contributed by atoms with E-state index in [0.29, 0.717) is 0 Å². The topological polar surface area (TPSA) is 33.1 Å². The van der Waals surface area contributed by atoms with E-state index in [0.717, 1.165) is 41.6 Å². The third-order valence-corrected chi connectivity index (χ3v) is 4.38. The van der Waals surface area contributed by atoms with Gasteiger partial charge in [0.05, 0.1) is 11.9 Å². The molecule has 0 radical (unpaired) electrons. The predicted molar refractivity (Wildman–Crippen MR) is 98.6 cm³/mol. The summed E-state index contributed by atoms with van der Waals surface area (Å²) >= 11 is 7.26. The predicted octanol–water partition coefficient (Wildman–Crippen LogP) is 2.93. The lowest BCUT2D eigenvalue weighted by Gasteiger charge is -2.20. The summed E-state index contributed by atoms with van der Waals surface area (Å²) in [5.41, 5.74) is 2.20. The standard InChI is InChI=1S/C16H22N4S2/c1-19(16(21)17-9-6-10-22-2)12-14-11-18-20(13-14)15-7-4-3-5-8-15/h3-5,7-8,11,13H,6,9-10,12H2,1-2H3,(H,17,21). The van der Waals surface area contributed by atoms with Gasteiger partial charge in [-0.15, -0.1) is 0 Å². The van der Waals surface area contributed by atoms with Gasteiger partial charge < -0.3 is 10.2 Å². The van der Waals surface area contributed by atoms with Crippen molar-refractivity contribution in [2.75, 3.05) is 25.6 Å². The first-order valence-electron chi connectivity index (χ1n) is 7.27. The molecule has 0 fully saturated rings. The van der Waals surface area contributed by atoms with Crippen LogP contribution in [0.25, 0.3) is 5.69 Å². The lowest BCUT2D eigenvalue weighted by atomic mass is 10.3. The van der Waals surface area contributed by atoms with E-state index in [-0.39, 0.29) is 0 Å². The smallest absolute Gasteiger partial charge is 0.168 e. The Balaban J connectivity index is 1.85. The Morgan fingerprint density at radius 2 is 2.14 bits per heavy atom. The molecule has 0 bridgehead atoms. The highest BCUT2D eigenvalue weighted by Gasteiger charge is 2.07. The molecule has 6 heteroatoms. The minimum absolute atomic E-state index is 0.751. The number of hydrogen-bond acceptors (Lipinski definition) is 3. The van der Waals surface area contributed by atoms with Crippen LogP contribution in [-0.2, 0) is 6.54 Å². The van der Waals surface area contributed by atoms with Crippen molar-refractivity contribution in [2.24, 2.45) is 0 Å². The first kappa shape index (κ1) is 16.8. The van der Waals surface area contributed by atoms with Gasteiger partial charge in [0, 0.05) is 31.9 Å². The molecule has 4 nitrogen and oxygen atoms in total. The lowest BCUT2D eigenvalue weighted by Crippen LogP contribution is -2.37. The molecule has 0 saturated carbocycles. The van der Waals surface area contributed by atoms with Gasteiger partial charge >= 0.3 is 0 Å². The maximum absolute atomic E-state index is 5.41. The van der Waals surface area contributed by atoms with Crippen LogP contribution in [0.1, 0.15) is 12.0 Å². The molecule has 1 aromatic carbocycles. The van der Waals surface area contributed by atoms with Crippen molar-refractivity contribution >= 4 is 29.1 Å². The van der Waals surface area contributed by atoms with Crippen LogP contribution in [0.4, 0.5) is 0 Å². The summed E-state index contributed by atoms with van der Waals surface area (Å²) < 4.78 is 1.89. The summed E-state index contributed by atoms with van der Waals surface area (Å²) in [6.07, 6.45) is 7.18. The minimum Gasteiger partial charge on any atom is -0.363 e. The van der Waals surface area contributed by atoms with E-state index in [4.69, 9.17) is 12.2 Å². The van der Waals surface area contributed by atoms with E-state index in [9.17, 15) is 0 Å². The highest BCUT2D eigenvalue weighted by Crippen LogP contribution is 2.09. The van der Waals surface area contributed by atoms with Crippen molar-refractivity contribution in [2.45, 2.75) is 13.0 Å². The fourth-order valence-corrected chi connectivity index (χ4v) is 2.66. The summed E-state index contributed by atoms with van der Waals surface area (Å²) in [6, 6.07) is 10.1. The number of aromatic nitrogens is 2. The number of rotatable bonds is 7. The molecule has 0 aliphatic rings. The number of thiocarbonyl (C=S) groups is 1.